The number of benzene rings is 10. The number of fused-ring (bicyclic) bond motifs is 5. The Morgan fingerprint density at radius 2 is 0.967 bits per heavy atom. The first kappa shape index (κ1) is 34.6. The SMILES string of the molecule is CC1C=CC(c2cc(-c3ccccc3)cc(-n3c4ccccc4c4c5cccc6cc(-c7cc(-c8ccccc8)cc(-c8ccccc8)c7)c7cccc(c7c65)c43)c2)=CC1. The third kappa shape index (κ3) is 5.54. The van der Waals surface area contributed by atoms with E-state index in [0.29, 0.717) is 5.92 Å². The van der Waals surface area contributed by atoms with Gasteiger partial charge in [-0.2, -0.15) is 0 Å². The van der Waals surface area contributed by atoms with Crippen LogP contribution in [0.15, 0.2) is 212 Å². The molecule has 0 fully saturated rings. The molecule has 0 saturated heterocycles. The summed E-state index contributed by atoms with van der Waals surface area (Å²) in [6.45, 7) is 2.29. The summed E-state index contributed by atoms with van der Waals surface area (Å²) in [7, 11) is 0. The summed E-state index contributed by atoms with van der Waals surface area (Å²) in [5.74, 6) is 0.546. The zero-order chi connectivity index (χ0) is 39.7. The fourth-order valence-corrected chi connectivity index (χ4v) is 9.95. The van der Waals surface area contributed by atoms with Gasteiger partial charge >= 0.3 is 0 Å². The van der Waals surface area contributed by atoms with Crippen LogP contribution >= 0.6 is 0 Å². The molecule has 11 aromatic rings. The Bertz CT molecular complexity index is 3440. The molecule has 0 radical (unpaired) electrons. The first-order valence-corrected chi connectivity index (χ1v) is 21.1. The summed E-state index contributed by atoms with van der Waals surface area (Å²) in [6, 6.07) is 72.1. The number of hydrogen-bond donors (Lipinski definition) is 0. The standard InChI is InChI=1S/C59H41N/c1-38-27-29-42(30-28-38)47-32-46(41-19-9-4-10-20-41)35-49(36-47)60-55-26-12-11-22-51(55)58-52-24-13-21-43-37-54(50-23-14-25-53(59(58)60)57(50)56(43)52)48-33-44(39-15-5-2-6-16-39)31-45(34-48)40-17-7-3-8-18-40/h2-27,29-38H,28H2,1H3. The average molecular weight is 764 g/mol. The van der Waals surface area contributed by atoms with Crippen LogP contribution in [0.25, 0.3) is 110 Å². The largest absolute Gasteiger partial charge is 0.309 e. The zero-order valence-corrected chi connectivity index (χ0v) is 33.4. The summed E-state index contributed by atoms with van der Waals surface area (Å²) < 4.78 is 2.56. The second-order valence-electron chi connectivity index (χ2n) is 16.5. The molecule has 1 aromatic heterocycles. The highest BCUT2D eigenvalue weighted by Gasteiger charge is 2.23. The van der Waals surface area contributed by atoms with Crippen LogP contribution in [-0.2, 0) is 0 Å². The Hall–Kier alpha value is -7.48. The van der Waals surface area contributed by atoms with Gasteiger partial charge in [-0.05, 0) is 138 Å². The molecule has 12 rings (SSSR count). The molecule has 1 heteroatoms. The van der Waals surface area contributed by atoms with Crippen molar-refractivity contribution < 1.29 is 0 Å². The summed E-state index contributed by atoms with van der Waals surface area (Å²) in [5, 5.41) is 10.3. The second kappa shape index (κ2) is 13.8. The van der Waals surface area contributed by atoms with E-state index in [-0.39, 0.29) is 0 Å². The Kier molecular flexibility index (Phi) is 7.96. The molecule has 0 N–H and O–H groups in total. The summed E-state index contributed by atoms with van der Waals surface area (Å²) >= 11 is 0. The number of para-hydroxylation sites is 1. The quantitative estimate of drug-likeness (QED) is 0.149. The third-order valence-electron chi connectivity index (χ3n) is 12.8. The van der Waals surface area contributed by atoms with E-state index < -0.39 is 0 Å². The van der Waals surface area contributed by atoms with Crippen LogP contribution in [0.4, 0.5) is 0 Å². The maximum absolute atomic E-state index is 2.56. The molecule has 0 amide bonds. The predicted molar refractivity (Wildman–Crippen MR) is 257 cm³/mol. The van der Waals surface area contributed by atoms with E-state index in [1.807, 2.05) is 0 Å². The normalized spacial score (nSPS) is 14.2. The van der Waals surface area contributed by atoms with Crippen molar-refractivity contribution >= 4 is 59.7 Å². The molecule has 10 aromatic carbocycles. The highest BCUT2D eigenvalue weighted by Crippen LogP contribution is 2.49. The lowest BCUT2D eigenvalue weighted by Crippen LogP contribution is -1.99. The molecule has 0 spiro atoms. The Balaban J connectivity index is 1.19. The van der Waals surface area contributed by atoms with Crippen LogP contribution in [0.1, 0.15) is 18.9 Å². The lowest BCUT2D eigenvalue weighted by atomic mass is 9.85. The van der Waals surface area contributed by atoms with Crippen molar-refractivity contribution in [2.24, 2.45) is 5.92 Å². The maximum Gasteiger partial charge on any atom is 0.0626 e. The number of hydrogen-bond acceptors (Lipinski definition) is 0. The van der Waals surface area contributed by atoms with Gasteiger partial charge in [0.15, 0.2) is 0 Å². The Morgan fingerprint density at radius 1 is 0.417 bits per heavy atom. The minimum absolute atomic E-state index is 0.546. The lowest BCUT2D eigenvalue weighted by Gasteiger charge is -2.20. The van der Waals surface area contributed by atoms with E-state index in [1.54, 1.807) is 0 Å². The van der Waals surface area contributed by atoms with E-state index in [1.165, 1.54) is 115 Å². The molecule has 1 aliphatic carbocycles. The highest BCUT2D eigenvalue weighted by molar-refractivity contribution is 6.39. The smallest absolute Gasteiger partial charge is 0.0626 e. The lowest BCUT2D eigenvalue weighted by molar-refractivity contribution is 0.739. The molecule has 0 aliphatic heterocycles. The van der Waals surface area contributed by atoms with Crippen molar-refractivity contribution in [2.75, 3.05) is 0 Å². The van der Waals surface area contributed by atoms with Gasteiger partial charge in [0.05, 0.1) is 11.0 Å². The summed E-state index contributed by atoms with van der Waals surface area (Å²) in [6.07, 6.45) is 8.13. The minimum Gasteiger partial charge on any atom is -0.309 e. The van der Waals surface area contributed by atoms with E-state index in [0.717, 1.165) is 6.42 Å². The zero-order valence-electron chi connectivity index (χ0n) is 33.4. The maximum atomic E-state index is 2.56. The van der Waals surface area contributed by atoms with Crippen LogP contribution in [0, 0.1) is 5.92 Å². The summed E-state index contributed by atoms with van der Waals surface area (Å²) in [5.41, 5.74) is 15.9. The molecule has 1 atom stereocenters. The third-order valence-corrected chi connectivity index (χ3v) is 12.8. The van der Waals surface area contributed by atoms with Gasteiger partial charge in [-0.15, -0.1) is 0 Å². The Morgan fingerprint density at radius 3 is 1.65 bits per heavy atom. The van der Waals surface area contributed by atoms with Crippen molar-refractivity contribution in [1.82, 2.24) is 4.57 Å². The van der Waals surface area contributed by atoms with Gasteiger partial charge in [-0.3, -0.25) is 0 Å². The molecule has 60 heavy (non-hydrogen) atoms. The van der Waals surface area contributed by atoms with E-state index >= 15 is 0 Å². The van der Waals surface area contributed by atoms with Crippen LogP contribution < -0.4 is 0 Å². The Labute approximate surface area is 350 Å². The fraction of sp³-hybridized carbons (Fsp3) is 0.0508. The highest BCUT2D eigenvalue weighted by atomic mass is 15.0. The number of aromatic nitrogens is 1. The number of nitrogens with zero attached hydrogens (tertiary/aromatic N) is 1. The van der Waals surface area contributed by atoms with E-state index in [9.17, 15) is 0 Å². The molecule has 1 heterocycles. The van der Waals surface area contributed by atoms with Crippen LogP contribution in [0.5, 0.6) is 0 Å². The molecule has 1 unspecified atom stereocenters. The van der Waals surface area contributed by atoms with E-state index in [2.05, 4.69) is 224 Å². The van der Waals surface area contributed by atoms with Crippen molar-refractivity contribution in [3.8, 4) is 50.2 Å². The van der Waals surface area contributed by atoms with Gasteiger partial charge < -0.3 is 4.57 Å². The van der Waals surface area contributed by atoms with Crippen LogP contribution in [-0.4, -0.2) is 4.57 Å². The van der Waals surface area contributed by atoms with Crippen molar-refractivity contribution in [2.45, 2.75) is 13.3 Å². The molecule has 0 saturated carbocycles. The topological polar surface area (TPSA) is 4.93 Å². The van der Waals surface area contributed by atoms with Gasteiger partial charge in [0, 0.05) is 27.2 Å². The van der Waals surface area contributed by atoms with Gasteiger partial charge in [0.1, 0.15) is 0 Å². The van der Waals surface area contributed by atoms with Gasteiger partial charge in [0.25, 0.3) is 0 Å². The molecular weight excluding hydrogens is 723 g/mol. The number of allylic oxidation sites excluding steroid dienone is 4. The summed E-state index contributed by atoms with van der Waals surface area (Å²) in [4.78, 5) is 0. The van der Waals surface area contributed by atoms with Gasteiger partial charge in [-0.25, -0.2) is 0 Å². The first-order chi connectivity index (χ1) is 29.7. The van der Waals surface area contributed by atoms with Crippen LogP contribution in [0.2, 0.25) is 0 Å². The first-order valence-electron chi connectivity index (χ1n) is 21.1. The monoisotopic (exact) mass is 763 g/mol. The molecular formula is C59H41N. The fourth-order valence-electron chi connectivity index (χ4n) is 9.95. The van der Waals surface area contributed by atoms with Gasteiger partial charge in [0.2, 0.25) is 0 Å². The molecule has 282 valence electrons. The van der Waals surface area contributed by atoms with Crippen molar-refractivity contribution in [1.29, 1.82) is 0 Å². The van der Waals surface area contributed by atoms with Crippen molar-refractivity contribution in [3.63, 3.8) is 0 Å². The van der Waals surface area contributed by atoms with E-state index in [4.69, 9.17) is 0 Å². The minimum atomic E-state index is 0.546. The predicted octanol–water partition coefficient (Wildman–Crippen LogP) is 16.3. The number of rotatable bonds is 6. The molecule has 1 aliphatic rings. The molecule has 0 bridgehead atoms. The molecule has 1 nitrogen and oxygen atoms in total. The average Bonchev–Trinajstić information content (AvgIpc) is 3.67. The van der Waals surface area contributed by atoms with Crippen molar-refractivity contribution in [3.05, 3.63) is 218 Å². The van der Waals surface area contributed by atoms with Gasteiger partial charge in [-0.1, -0.05) is 171 Å². The second-order valence-corrected chi connectivity index (χ2v) is 16.5. The van der Waals surface area contributed by atoms with Crippen LogP contribution in [0.3, 0.4) is 0 Å².